The summed E-state index contributed by atoms with van der Waals surface area (Å²) in [5.74, 6) is 3.78. The van der Waals surface area contributed by atoms with Gasteiger partial charge in [0.1, 0.15) is 0 Å². The molecule has 0 N–H and O–H groups in total. The molecule has 0 bridgehead atoms. The molecule has 1 aliphatic rings. The van der Waals surface area contributed by atoms with Crippen LogP contribution in [0.1, 0.15) is 56.5 Å². The van der Waals surface area contributed by atoms with E-state index in [1.165, 1.54) is 0 Å². The second-order valence-corrected chi connectivity index (χ2v) is 6.24. The predicted octanol–water partition coefficient (Wildman–Crippen LogP) is 2.40. The molecule has 6 nitrogen and oxygen atoms in total. The first-order chi connectivity index (χ1) is 8.93. The lowest BCUT2D eigenvalue weighted by Crippen LogP contribution is -2.11. The Kier molecular flexibility index (Phi) is 2.69. The third-order valence-electron chi connectivity index (χ3n) is 3.35. The standard InChI is InChI=1S/C13H18N4O2/c1-7-14-11(17-18-7)9-5-8(9)6-10-15-12(19-16-10)13(2,3)4/h8-9H,5-6H2,1-4H3. The zero-order valence-corrected chi connectivity index (χ0v) is 11.7. The molecular weight excluding hydrogens is 244 g/mol. The van der Waals surface area contributed by atoms with Crippen molar-refractivity contribution in [1.29, 1.82) is 0 Å². The molecule has 0 radical (unpaired) electrons. The van der Waals surface area contributed by atoms with E-state index in [1.807, 2.05) is 6.92 Å². The van der Waals surface area contributed by atoms with Gasteiger partial charge in [-0.15, -0.1) is 0 Å². The van der Waals surface area contributed by atoms with Gasteiger partial charge in [0.25, 0.3) is 0 Å². The van der Waals surface area contributed by atoms with E-state index in [2.05, 4.69) is 41.1 Å². The van der Waals surface area contributed by atoms with E-state index in [9.17, 15) is 0 Å². The summed E-state index contributed by atoms with van der Waals surface area (Å²) in [6.45, 7) is 7.99. The first kappa shape index (κ1) is 12.3. The quantitative estimate of drug-likeness (QED) is 0.845. The van der Waals surface area contributed by atoms with Crippen molar-refractivity contribution in [2.75, 3.05) is 0 Å². The Hall–Kier alpha value is -1.72. The van der Waals surface area contributed by atoms with Crippen molar-refractivity contribution >= 4 is 0 Å². The van der Waals surface area contributed by atoms with Crippen LogP contribution in [0.4, 0.5) is 0 Å². The fourth-order valence-electron chi connectivity index (χ4n) is 2.13. The van der Waals surface area contributed by atoms with Crippen molar-refractivity contribution < 1.29 is 9.05 Å². The predicted molar refractivity (Wildman–Crippen MR) is 66.6 cm³/mol. The maximum absolute atomic E-state index is 5.29. The van der Waals surface area contributed by atoms with E-state index in [0.717, 1.165) is 24.5 Å². The van der Waals surface area contributed by atoms with Gasteiger partial charge in [0, 0.05) is 24.7 Å². The topological polar surface area (TPSA) is 77.8 Å². The monoisotopic (exact) mass is 262 g/mol. The summed E-state index contributed by atoms with van der Waals surface area (Å²) in [5.41, 5.74) is -0.0982. The third-order valence-corrected chi connectivity index (χ3v) is 3.35. The molecule has 0 aliphatic heterocycles. The highest BCUT2D eigenvalue weighted by atomic mass is 16.5. The Labute approximate surface area is 111 Å². The van der Waals surface area contributed by atoms with Gasteiger partial charge in [0.05, 0.1) is 0 Å². The van der Waals surface area contributed by atoms with Crippen LogP contribution in [0.25, 0.3) is 0 Å². The second kappa shape index (κ2) is 4.15. The number of aromatic nitrogens is 4. The highest BCUT2D eigenvalue weighted by Crippen LogP contribution is 2.47. The minimum Gasteiger partial charge on any atom is -0.340 e. The van der Waals surface area contributed by atoms with E-state index < -0.39 is 0 Å². The Morgan fingerprint density at radius 2 is 1.95 bits per heavy atom. The largest absolute Gasteiger partial charge is 0.340 e. The van der Waals surface area contributed by atoms with Crippen LogP contribution < -0.4 is 0 Å². The third kappa shape index (κ3) is 2.52. The Morgan fingerprint density at radius 1 is 1.16 bits per heavy atom. The van der Waals surface area contributed by atoms with Crippen molar-refractivity contribution in [2.24, 2.45) is 5.92 Å². The lowest BCUT2D eigenvalue weighted by atomic mass is 9.97. The van der Waals surface area contributed by atoms with Crippen LogP contribution in [0.2, 0.25) is 0 Å². The average Bonchev–Trinajstić information content (AvgIpc) is 2.74. The summed E-state index contributed by atoms with van der Waals surface area (Å²) in [7, 11) is 0. The van der Waals surface area contributed by atoms with Gasteiger partial charge in [-0.05, 0) is 12.3 Å². The van der Waals surface area contributed by atoms with Gasteiger partial charge in [0.2, 0.25) is 11.8 Å². The molecule has 0 aromatic carbocycles. The molecule has 19 heavy (non-hydrogen) atoms. The molecule has 1 saturated carbocycles. The minimum atomic E-state index is -0.0982. The molecule has 2 heterocycles. The van der Waals surface area contributed by atoms with Crippen molar-refractivity contribution in [3.05, 3.63) is 23.4 Å². The molecule has 2 aromatic rings. The zero-order valence-electron chi connectivity index (χ0n) is 11.7. The summed E-state index contributed by atoms with van der Waals surface area (Å²) < 4.78 is 10.3. The first-order valence-corrected chi connectivity index (χ1v) is 6.57. The molecule has 1 fully saturated rings. The molecule has 6 heteroatoms. The van der Waals surface area contributed by atoms with Gasteiger partial charge < -0.3 is 9.05 Å². The highest BCUT2D eigenvalue weighted by molar-refractivity contribution is 5.11. The zero-order chi connectivity index (χ0) is 13.6. The average molecular weight is 262 g/mol. The van der Waals surface area contributed by atoms with Gasteiger partial charge in [0.15, 0.2) is 11.6 Å². The molecule has 2 aromatic heterocycles. The molecule has 102 valence electrons. The van der Waals surface area contributed by atoms with Gasteiger partial charge in [-0.3, -0.25) is 0 Å². The van der Waals surface area contributed by atoms with Crippen molar-refractivity contribution in [3.63, 3.8) is 0 Å². The van der Waals surface area contributed by atoms with E-state index >= 15 is 0 Å². The van der Waals surface area contributed by atoms with Crippen LogP contribution in [0.5, 0.6) is 0 Å². The fraction of sp³-hybridized carbons (Fsp3) is 0.692. The molecule has 0 amide bonds. The molecule has 0 saturated heterocycles. The SMILES string of the molecule is Cc1nc(C2CC2Cc2noc(C(C)(C)C)n2)no1. The number of hydrogen-bond acceptors (Lipinski definition) is 6. The van der Waals surface area contributed by atoms with Crippen LogP contribution in [0, 0.1) is 12.8 Å². The maximum atomic E-state index is 5.29. The molecule has 2 atom stereocenters. The Morgan fingerprint density at radius 3 is 2.53 bits per heavy atom. The highest BCUT2D eigenvalue weighted by Gasteiger charge is 2.42. The second-order valence-electron chi connectivity index (χ2n) is 6.24. The summed E-state index contributed by atoms with van der Waals surface area (Å²) in [5, 5.41) is 8.01. The Balaban J connectivity index is 1.63. The maximum Gasteiger partial charge on any atom is 0.232 e. The van der Waals surface area contributed by atoms with E-state index in [-0.39, 0.29) is 5.41 Å². The van der Waals surface area contributed by atoms with Crippen molar-refractivity contribution in [1.82, 2.24) is 20.3 Å². The van der Waals surface area contributed by atoms with Gasteiger partial charge >= 0.3 is 0 Å². The molecule has 0 spiro atoms. The van der Waals surface area contributed by atoms with E-state index in [4.69, 9.17) is 9.05 Å². The van der Waals surface area contributed by atoms with Crippen LogP contribution in [0.15, 0.2) is 9.05 Å². The lowest BCUT2D eigenvalue weighted by Gasteiger charge is -2.10. The van der Waals surface area contributed by atoms with Gasteiger partial charge in [-0.25, -0.2) is 0 Å². The first-order valence-electron chi connectivity index (χ1n) is 6.57. The molecule has 2 unspecified atom stereocenters. The van der Waals surface area contributed by atoms with Crippen molar-refractivity contribution in [3.8, 4) is 0 Å². The van der Waals surface area contributed by atoms with Crippen LogP contribution in [0.3, 0.4) is 0 Å². The fourth-order valence-corrected chi connectivity index (χ4v) is 2.13. The van der Waals surface area contributed by atoms with E-state index in [0.29, 0.717) is 23.6 Å². The number of nitrogens with zero attached hydrogens (tertiary/aromatic N) is 4. The normalized spacial score (nSPS) is 22.7. The summed E-state index contributed by atoms with van der Waals surface area (Å²) in [6, 6.07) is 0. The van der Waals surface area contributed by atoms with Gasteiger partial charge in [-0.2, -0.15) is 9.97 Å². The lowest BCUT2D eigenvalue weighted by molar-refractivity contribution is 0.318. The number of rotatable bonds is 3. The van der Waals surface area contributed by atoms with Crippen molar-refractivity contribution in [2.45, 2.75) is 51.9 Å². The summed E-state index contributed by atoms with van der Waals surface area (Å²) >= 11 is 0. The molecule has 1 aliphatic carbocycles. The number of aryl methyl sites for hydroxylation is 1. The van der Waals surface area contributed by atoms with E-state index in [1.54, 1.807) is 0 Å². The molecular formula is C13H18N4O2. The minimum absolute atomic E-state index is 0.0982. The molecule has 3 rings (SSSR count). The Bertz CT molecular complexity index is 581. The number of hydrogen-bond donors (Lipinski definition) is 0. The van der Waals surface area contributed by atoms with Crippen LogP contribution in [-0.4, -0.2) is 20.3 Å². The van der Waals surface area contributed by atoms with Crippen LogP contribution >= 0.6 is 0 Å². The van der Waals surface area contributed by atoms with Crippen LogP contribution in [-0.2, 0) is 11.8 Å². The summed E-state index contributed by atoms with van der Waals surface area (Å²) in [4.78, 5) is 8.72. The smallest absolute Gasteiger partial charge is 0.232 e. The van der Waals surface area contributed by atoms with Gasteiger partial charge in [-0.1, -0.05) is 31.1 Å². The summed E-state index contributed by atoms with van der Waals surface area (Å²) in [6.07, 6.45) is 1.89.